The van der Waals surface area contributed by atoms with E-state index in [1.807, 2.05) is 12.1 Å². The van der Waals surface area contributed by atoms with Gasteiger partial charge in [-0.2, -0.15) is 5.10 Å². The average Bonchev–Trinajstić information content (AvgIpc) is 2.95. The van der Waals surface area contributed by atoms with E-state index in [9.17, 15) is 17.8 Å². The molecule has 0 atom stereocenters. The Morgan fingerprint density at radius 2 is 1.76 bits per heavy atom. The van der Waals surface area contributed by atoms with Gasteiger partial charge in [-0.05, 0) is 35.2 Å². The molecule has 0 aliphatic rings. The molecule has 0 radical (unpaired) electrons. The summed E-state index contributed by atoms with van der Waals surface area (Å²) in [7, 11) is -4.65. The molecule has 1 aromatic heterocycles. The zero-order chi connectivity index (χ0) is 18.0. The number of hydrogen-bond donors (Lipinski definition) is 1. The fourth-order valence-electron chi connectivity index (χ4n) is 1.88. The summed E-state index contributed by atoms with van der Waals surface area (Å²) < 4.78 is 37.0. The maximum Gasteiger partial charge on any atom is 1.00 e. The number of amides is 1. The van der Waals surface area contributed by atoms with Crippen LogP contribution in [-0.2, 0) is 15.5 Å². The first-order valence-corrected chi connectivity index (χ1v) is 8.48. The largest absolute Gasteiger partial charge is 1.00 e. The number of carbonyl (C=O) groups excluding carboxylic acids is 1. The van der Waals surface area contributed by atoms with Gasteiger partial charge in [0.15, 0.2) is 10.1 Å². The van der Waals surface area contributed by atoms with E-state index in [0.29, 0.717) is 5.56 Å². The summed E-state index contributed by atoms with van der Waals surface area (Å²) in [5.74, 6) is -0.386. The van der Waals surface area contributed by atoms with Crippen LogP contribution < -0.4 is 35.0 Å². The predicted octanol–water partition coefficient (Wildman–Crippen LogP) is -0.751. The van der Waals surface area contributed by atoms with Gasteiger partial charge in [-0.3, -0.25) is 4.79 Å². The molecular formula is C16H17N2NaO5S. The maximum absolute atomic E-state index is 12.0. The Hall–Kier alpha value is -1.45. The molecule has 25 heavy (non-hydrogen) atoms. The van der Waals surface area contributed by atoms with Crippen molar-refractivity contribution >= 4 is 22.2 Å². The Kier molecular flexibility index (Phi) is 7.16. The van der Waals surface area contributed by atoms with Crippen molar-refractivity contribution in [2.45, 2.75) is 31.3 Å². The van der Waals surface area contributed by atoms with Crippen LogP contribution in [0.15, 0.2) is 51.0 Å². The third-order valence-electron chi connectivity index (χ3n) is 3.22. The predicted molar refractivity (Wildman–Crippen MR) is 86.9 cm³/mol. The number of hydrogen-bond acceptors (Lipinski definition) is 6. The Balaban J connectivity index is 0.00000312. The molecule has 0 spiro atoms. The molecule has 0 saturated heterocycles. The maximum atomic E-state index is 12.0. The SMILES string of the molecule is CC(C)(C)c1ccc(C(=O)NN=Cc2ccc(S(=O)(=O)[O-])o2)cc1.[Na+]. The van der Waals surface area contributed by atoms with E-state index in [-0.39, 0.29) is 40.7 Å². The van der Waals surface area contributed by atoms with Crippen molar-refractivity contribution in [3.8, 4) is 0 Å². The van der Waals surface area contributed by atoms with E-state index < -0.39 is 21.1 Å². The van der Waals surface area contributed by atoms with Crippen LogP contribution in [0.3, 0.4) is 0 Å². The summed E-state index contributed by atoms with van der Waals surface area (Å²) in [6, 6.07) is 9.42. The van der Waals surface area contributed by atoms with Crippen LogP contribution in [0.2, 0.25) is 0 Å². The minimum Gasteiger partial charge on any atom is -0.742 e. The van der Waals surface area contributed by atoms with Gasteiger partial charge < -0.3 is 8.97 Å². The van der Waals surface area contributed by atoms with Crippen molar-refractivity contribution in [1.29, 1.82) is 0 Å². The first kappa shape index (κ1) is 21.6. The van der Waals surface area contributed by atoms with Crippen molar-refractivity contribution in [2.24, 2.45) is 5.10 Å². The second-order valence-corrected chi connectivity index (χ2v) is 7.45. The molecule has 0 saturated carbocycles. The third-order valence-corrected chi connectivity index (χ3v) is 3.93. The summed E-state index contributed by atoms with van der Waals surface area (Å²) in [6.45, 7) is 6.23. The van der Waals surface area contributed by atoms with Gasteiger partial charge in [-0.25, -0.2) is 13.8 Å². The summed E-state index contributed by atoms with van der Waals surface area (Å²) in [5.41, 5.74) is 3.82. The van der Waals surface area contributed by atoms with Crippen LogP contribution in [0.25, 0.3) is 0 Å². The number of hydrazone groups is 1. The molecular weight excluding hydrogens is 355 g/mol. The monoisotopic (exact) mass is 372 g/mol. The minimum atomic E-state index is -4.65. The number of rotatable bonds is 4. The van der Waals surface area contributed by atoms with Gasteiger partial charge in [0.1, 0.15) is 5.76 Å². The fraction of sp³-hybridized carbons (Fsp3) is 0.250. The van der Waals surface area contributed by atoms with Crippen LogP contribution in [0, 0.1) is 0 Å². The van der Waals surface area contributed by atoms with Gasteiger partial charge in [-0.1, -0.05) is 32.9 Å². The quantitative estimate of drug-likeness (QED) is 0.328. The molecule has 0 aliphatic carbocycles. The van der Waals surface area contributed by atoms with Crippen LogP contribution in [0.4, 0.5) is 0 Å². The fourth-order valence-corrected chi connectivity index (χ4v) is 2.31. The van der Waals surface area contributed by atoms with Crippen molar-refractivity contribution in [2.75, 3.05) is 0 Å². The number of benzene rings is 1. The minimum absolute atomic E-state index is 0. The number of carbonyl (C=O) groups is 1. The first-order valence-electron chi connectivity index (χ1n) is 7.07. The smallest absolute Gasteiger partial charge is 0.742 e. The van der Waals surface area contributed by atoms with E-state index in [4.69, 9.17) is 4.42 Å². The molecule has 0 fully saturated rings. The molecule has 0 bridgehead atoms. The molecule has 2 rings (SSSR count). The van der Waals surface area contributed by atoms with E-state index >= 15 is 0 Å². The van der Waals surface area contributed by atoms with Crippen LogP contribution in [0.1, 0.15) is 42.5 Å². The molecule has 7 nitrogen and oxygen atoms in total. The molecule has 1 N–H and O–H groups in total. The molecule has 1 heterocycles. The van der Waals surface area contributed by atoms with Gasteiger partial charge in [-0.15, -0.1) is 0 Å². The van der Waals surface area contributed by atoms with Crippen molar-refractivity contribution < 1.29 is 51.7 Å². The number of furan rings is 1. The van der Waals surface area contributed by atoms with Crippen molar-refractivity contribution in [3.63, 3.8) is 0 Å². The van der Waals surface area contributed by atoms with E-state index in [0.717, 1.165) is 17.8 Å². The molecule has 1 amide bonds. The summed E-state index contributed by atoms with van der Waals surface area (Å²) >= 11 is 0. The van der Waals surface area contributed by atoms with E-state index in [1.54, 1.807) is 12.1 Å². The molecule has 2 aromatic rings. The molecule has 1 aromatic carbocycles. The number of nitrogens with zero attached hydrogens (tertiary/aromatic N) is 1. The Bertz CT molecular complexity index is 865. The van der Waals surface area contributed by atoms with Crippen molar-refractivity contribution in [3.05, 3.63) is 53.3 Å². The normalized spacial score (nSPS) is 12.0. The third kappa shape index (κ3) is 6.09. The van der Waals surface area contributed by atoms with Crippen LogP contribution in [-0.4, -0.2) is 25.1 Å². The zero-order valence-corrected chi connectivity index (χ0v) is 17.3. The van der Waals surface area contributed by atoms with Crippen LogP contribution >= 0.6 is 0 Å². The number of nitrogens with one attached hydrogen (secondary N) is 1. The average molecular weight is 372 g/mol. The van der Waals surface area contributed by atoms with Gasteiger partial charge in [0.2, 0.25) is 5.09 Å². The van der Waals surface area contributed by atoms with E-state index in [2.05, 4.69) is 31.3 Å². The topological polar surface area (TPSA) is 112 Å². The van der Waals surface area contributed by atoms with Gasteiger partial charge in [0, 0.05) is 5.56 Å². The van der Waals surface area contributed by atoms with Gasteiger partial charge in [0.25, 0.3) is 5.91 Å². The Labute approximate surface area is 168 Å². The summed E-state index contributed by atoms with van der Waals surface area (Å²) in [5, 5.41) is 2.97. The second-order valence-electron chi connectivity index (χ2n) is 6.14. The molecule has 128 valence electrons. The Morgan fingerprint density at radius 3 is 2.24 bits per heavy atom. The zero-order valence-electron chi connectivity index (χ0n) is 14.4. The Morgan fingerprint density at radius 1 is 1.16 bits per heavy atom. The summed E-state index contributed by atoms with van der Waals surface area (Å²) in [6.07, 6.45) is 1.11. The first-order chi connectivity index (χ1) is 11.1. The molecule has 0 unspecified atom stereocenters. The standard InChI is InChI=1S/C16H18N2O5S.Na/c1-16(2,3)12-6-4-11(5-7-12)15(19)18-17-10-13-8-9-14(23-13)24(20,21)22;/h4-10H,1-3H3,(H,18,19)(H,20,21,22);/q;+1/p-1. The van der Waals surface area contributed by atoms with Gasteiger partial charge >= 0.3 is 29.6 Å². The van der Waals surface area contributed by atoms with Crippen LogP contribution in [0.5, 0.6) is 0 Å². The second kappa shape index (κ2) is 8.29. The summed E-state index contributed by atoms with van der Waals surface area (Å²) in [4.78, 5) is 12.0. The van der Waals surface area contributed by atoms with Crippen molar-refractivity contribution in [1.82, 2.24) is 5.43 Å². The molecule has 0 aliphatic heterocycles. The van der Waals surface area contributed by atoms with E-state index in [1.165, 1.54) is 6.07 Å². The van der Waals surface area contributed by atoms with Gasteiger partial charge in [0.05, 0.1) is 6.21 Å². The molecule has 9 heteroatoms.